The van der Waals surface area contributed by atoms with Crippen molar-refractivity contribution >= 4 is 27.5 Å². The number of hydrogen-bond acceptors (Lipinski definition) is 8. The van der Waals surface area contributed by atoms with E-state index in [-0.39, 0.29) is 37.7 Å². The van der Waals surface area contributed by atoms with Crippen molar-refractivity contribution in [3.8, 4) is 0 Å². The first-order valence-corrected chi connectivity index (χ1v) is 10.4. The van der Waals surface area contributed by atoms with Gasteiger partial charge in [-0.2, -0.15) is 27.0 Å². The second kappa shape index (κ2) is 7.19. The summed E-state index contributed by atoms with van der Waals surface area (Å²) in [6.45, 7) is 2.00. The predicted octanol–water partition coefficient (Wildman–Crippen LogP) is 0.654. The van der Waals surface area contributed by atoms with Crippen LogP contribution in [0.1, 0.15) is 22.1 Å². The van der Waals surface area contributed by atoms with Gasteiger partial charge in [-0.3, -0.25) is 4.79 Å². The van der Waals surface area contributed by atoms with Crippen molar-refractivity contribution in [2.24, 2.45) is 5.73 Å². The van der Waals surface area contributed by atoms with E-state index in [1.54, 1.807) is 17.9 Å². The first-order valence-electron chi connectivity index (χ1n) is 8.93. The Bertz CT molecular complexity index is 1260. The van der Waals surface area contributed by atoms with Crippen molar-refractivity contribution in [1.82, 2.24) is 23.9 Å². The van der Waals surface area contributed by atoms with E-state index in [0.29, 0.717) is 11.5 Å². The van der Waals surface area contributed by atoms with Gasteiger partial charge in [0.05, 0.1) is 0 Å². The van der Waals surface area contributed by atoms with Gasteiger partial charge in [0.1, 0.15) is 5.82 Å². The van der Waals surface area contributed by atoms with Gasteiger partial charge in [0.15, 0.2) is 5.76 Å². The number of halogens is 3. The third kappa shape index (κ3) is 3.81. The Hall–Kier alpha value is -3.20. The summed E-state index contributed by atoms with van der Waals surface area (Å²) in [7, 11) is -4.01. The maximum absolute atomic E-state index is 13.0. The smallest absolute Gasteiger partial charge is 0.438 e. The van der Waals surface area contributed by atoms with Crippen molar-refractivity contribution in [3.63, 3.8) is 0 Å². The standard InChI is InChI=1S/C16H16F3N7O4S/c1-9-8-11(26-15(21-9)22-14(23-26)16(17,18)19)24-4-6-25(7-5-24)31(28,29)12-3-2-10(30-12)13(20)27/h2-3,8H,4-7H2,1H3,(H2,20,27). The van der Waals surface area contributed by atoms with E-state index in [1.807, 2.05) is 0 Å². The van der Waals surface area contributed by atoms with Crippen LogP contribution in [0.4, 0.5) is 19.0 Å². The summed E-state index contributed by atoms with van der Waals surface area (Å²) in [5.74, 6) is -2.37. The summed E-state index contributed by atoms with van der Waals surface area (Å²) < 4.78 is 71.7. The minimum absolute atomic E-state index is 0.0264. The molecule has 31 heavy (non-hydrogen) atoms. The normalized spacial score (nSPS) is 16.2. The van der Waals surface area contributed by atoms with Crippen LogP contribution in [0.15, 0.2) is 27.7 Å². The summed E-state index contributed by atoms with van der Waals surface area (Å²) in [6.07, 6.45) is -4.72. The van der Waals surface area contributed by atoms with Crippen LogP contribution < -0.4 is 10.6 Å². The Balaban J connectivity index is 1.58. The maximum atomic E-state index is 13.0. The van der Waals surface area contributed by atoms with Crippen LogP contribution >= 0.6 is 0 Å². The number of carbonyl (C=O) groups excluding carboxylic acids is 1. The third-order valence-electron chi connectivity index (χ3n) is 4.66. The highest BCUT2D eigenvalue weighted by Crippen LogP contribution is 2.28. The molecule has 4 heterocycles. The van der Waals surface area contributed by atoms with E-state index in [1.165, 1.54) is 6.07 Å². The molecule has 1 saturated heterocycles. The minimum Gasteiger partial charge on any atom is -0.438 e. The van der Waals surface area contributed by atoms with Gasteiger partial charge in [0.25, 0.3) is 27.5 Å². The molecule has 0 unspecified atom stereocenters. The number of primary amides is 1. The molecule has 3 aromatic rings. The largest absolute Gasteiger partial charge is 0.453 e. The molecule has 0 bridgehead atoms. The topological polar surface area (TPSA) is 140 Å². The number of amides is 1. The number of furan rings is 1. The average molecular weight is 459 g/mol. The highest BCUT2D eigenvalue weighted by atomic mass is 32.2. The first kappa shape index (κ1) is 21.0. The predicted molar refractivity (Wildman–Crippen MR) is 98.7 cm³/mol. The molecule has 0 spiro atoms. The number of piperazine rings is 1. The van der Waals surface area contributed by atoms with Gasteiger partial charge >= 0.3 is 6.18 Å². The maximum Gasteiger partial charge on any atom is 0.453 e. The Morgan fingerprint density at radius 3 is 2.42 bits per heavy atom. The number of anilines is 1. The van der Waals surface area contributed by atoms with Gasteiger partial charge in [-0.15, -0.1) is 5.10 Å². The molecule has 3 aromatic heterocycles. The molecule has 2 N–H and O–H groups in total. The Labute approximate surface area is 173 Å². The first-order chi connectivity index (χ1) is 14.5. The number of aromatic nitrogens is 4. The van der Waals surface area contributed by atoms with Gasteiger partial charge in [-0.1, -0.05) is 0 Å². The van der Waals surface area contributed by atoms with Crippen LogP contribution in [0.2, 0.25) is 0 Å². The van der Waals surface area contributed by atoms with Gasteiger partial charge < -0.3 is 15.1 Å². The lowest BCUT2D eigenvalue weighted by atomic mass is 10.3. The molecule has 0 atom stereocenters. The van der Waals surface area contributed by atoms with Crippen molar-refractivity contribution < 1.29 is 30.8 Å². The Kier molecular flexibility index (Phi) is 4.88. The highest BCUT2D eigenvalue weighted by Gasteiger charge is 2.37. The van der Waals surface area contributed by atoms with Crippen LogP contribution in [0, 0.1) is 6.92 Å². The molecule has 1 fully saturated rings. The second-order valence-electron chi connectivity index (χ2n) is 6.77. The quantitative estimate of drug-likeness (QED) is 0.600. The molecule has 166 valence electrons. The number of hydrogen-bond donors (Lipinski definition) is 1. The number of rotatable bonds is 4. The van der Waals surface area contributed by atoms with Gasteiger partial charge in [0, 0.05) is 37.9 Å². The molecule has 1 aliphatic rings. The summed E-state index contributed by atoms with van der Waals surface area (Å²) in [6, 6.07) is 3.87. The van der Waals surface area contributed by atoms with E-state index in [4.69, 9.17) is 10.2 Å². The highest BCUT2D eigenvalue weighted by molar-refractivity contribution is 7.89. The molecule has 0 aliphatic carbocycles. The third-order valence-corrected chi connectivity index (χ3v) is 6.43. The van der Waals surface area contributed by atoms with Crippen molar-refractivity contribution in [1.29, 1.82) is 0 Å². The zero-order chi connectivity index (χ0) is 22.6. The number of fused-ring (bicyclic) bond motifs is 1. The molecule has 1 aliphatic heterocycles. The number of alkyl halides is 3. The van der Waals surface area contributed by atoms with Crippen LogP contribution in [-0.2, 0) is 16.2 Å². The van der Waals surface area contributed by atoms with Crippen molar-refractivity contribution in [2.45, 2.75) is 18.2 Å². The van der Waals surface area contributed by atoms with Crippen LogP contribution in [0.25, 0.3) is 5.78 Å². The van der Waals surface area contributed by atoms with E-state index in [0.717, 1.165) is 14.9 Å². The minimum atomic E-state index is -4.72. The summed E-state index contributed by atoms with van der Waals surface area (Å²) >= 11 is 0. The molecule has 1 amide bonds. The van der Waals surface area contributed by atoms with Crippen LogP contribution in [-0.4, -0.2) is 64.4 Å². The summed E-state index contributed by atoms with van der Waals surface area (Å²) in [5, 5.41) is 3.11. The van der Waals surface area contributed by atoms with Gasteiger partial charge in [0.2, 0.25) is 5.09 Å². The van der Waals surface area contributed by atoms with Crippen LogP contribution in [0.5, 0.6) is 0 Å². The molecule has 0 radical (unpaired) electrons. The lowest BCUT2D eigenvalue weighted by molar-refractivity contribution is -0.144. The molecule has 0 aromatic carbocycles. The molecule has 11 nitrogen and oxygen atoms in total. The SMILES string of the molecule is Cc1cc(N2CCN(S(=O)(=O)c3ccc(C(N)=O)o3)CC2)n2nc(C(F)(F)F)nc2n1. The fourth-order valence-electron chi connectivity index (χ4n) is 3.19. The lowest BCUT2D eigenvalue weighted by Gasteiger charge is -2.34. The van der Waals surface area contributed by atoms with Gasteiger partial charge in [-0.05, 0) is 19.1 Å². The van der Waals surface area contributed by atoms with Crippen LogP contribution in [0.3, 0.4) is 0 Å². The number of sulfonamides is 1. The number of carbonyl (C=O) groups is 1. The number of nitrogens with zero attached hydrogens (tertiary/aromatic N) is 6. The lowest BCUT2D eigenvalue weighted by Crippen LogP contribution is -2.49. The monoisotopic (exact) mass is 459 g/mol. The van der Waals surface area contributed by atoms with E-state index >= 15 is 0 Å². The van der Waals surface area contributed by atoms with Crippen molar-refractivity contribution in [2.75, 3.05) is 31.1 Å². The Morgan fingerprint density at radius 1 is 1.16 bits per heavy atom. The molecular formula is C16H16F3N7O4S. The summed E-state index contributed by atoms with van der Waals surface area (Å²) in [4.78, 5) is 20.3. The van der Waals surface area contributed by atoms with E-state index < -0.39 is 33.0 Å². The fraction of sp³-hybridized carbons (Fsp3) is 0.375. The molecular weight excluding hydrogens is 443 g/mol. The second-order valence-corrected chi connectivity index (χ2v) is 8.64. The number of nitrogens with two attached hydrogens (primary N) is 1. The summed E-state index contributed by atoms with van der Waals surface area (Å²) in [5.41, 5.74) is 5.52. The van der Waals surface area contributed by atoms with E-state index in [2.05, 4.69) is 15.1 Å². The average Bonchev–Trinajstić information content (AvgIpc) is 3.35. The van der Waals surface area contributed by atoms with Gasteiger partial charge in [-0.25, -0.2) is 13.4 Å². The molecule has 15 heteroatoms. The van der Waals surface area contributed by atoms with Crippen molar-refractivity contribution in [3.05, 3.63) is 35.5 Å². The Morgan fingerprint density at radius 2 is 1.84 bits per heavy atom. The molecule has 0 saturated carbocycles. The zero-order valence-electron chi connectivity index (χ0n) is 16.0. The zero-order valence-corrected chi connectivity index (χ0v) is 16.8. The fourth-order valence-corrected chi connectivity index (χ4v) is 4.52. The number of aryl methyl sites for hydroxylation is 1. The van der Waals surface area contributed by atoms with E-state index in [9.17, 15) is 26.4 Å². The molecule has 4 rings (SSSR count).